The summed E-state index contributed by atoms with van der Waals surface area (Å²) in [5, 5.41) is 0. The SMILES string of the molecule is CC(C)(CN)C1CCc2c(F)cccc2C1. The van der Waals surface area contributed by atoms with Crippen LogP contribution in [0.25, 0.3) is 0 Å². The van der Waals surface area contributed by atoms with Gasteiger partial charge in [-0.2, -0.15) is 0 Å². The van der Waals surface area contributed by atoms with E-state index in [0.717, 1.165) is 24.8 Å². The molecular weight excluding hydrogens is 201 g/mol. The molecule has 0 spiro atoms. The Labute approximate surface area is 96.9 Å². The molecule has 0 bridgehead atoms. The lowest BCUT2D eigenvalue weighted by Gasteiger charge is -2.37. The van der Waals surface area contributed by atoms with E-state index in [1.54, 1.807) is 6.07 Å². The van der Waals surface area contributed by atoms with Crippen molar-refractivity contribution in [3.63, 3.8) is 0 Å². The Kier molecular flexibility index (Phi) is 3.02. The fourth-order valence-corrected chi connectivity index (χ4v) is 2.59. The second-order valence-corrected chi connectivity index (χ2v) is 5.51. The van der Waals surface area contributed by atoms with Crippen LogP contribution in [0.3, 0.4) is 0 Å². The molecule has 88 valence electrons. The highest BCUT2D eigenvalue weighted by atomic mass is 19.1. The third-order valence-electron chi connectivity index (χ3n) is 4.06. The van der Waals surface area contributed by atoms with Crippen molar-refractivity contribution >= 4 is 0 Å². The van der Waals surface area contributed by atoms with E-state index in [9.17, 15) is 4.39 Å². The zero-order valence-electron chi connectivity index (χ0n) is 10.1. The highest BCUT2D eigenvalue weighted by Gasteiger charge is 2.31. The van der Waals surface area contributed by atoms with E-state index in [0.29, 0.717) is 12.5 Å². The largest absolute Gasteiger partial charge is 0.330 e. The molecule has 0 saturated carbocycles. The van der Waals surface area contributed by atoms with Crippen LogP contribution in [0.4, 0.5) is 4.39 Å². The summed E-state index contributed by atoms with van der Waals surface area (Å²) in [6, 6.07) is 5.43. The van der Waals surface area contributed by atoms with Gasteiger partial charge in [-0.05, 0) is 54.3 Å². The molecule has 0 fully saturated rings. The molecule has 1 aromatic rings. The fourth-order valence-electron chi connectivity index (χ4n) is 2.59. The van der Waals surface area contributed by atoms with Crippen LogP contribution in [-0.2, 0) is 12.8 Å². The highest BCUT2D eigenvalue weighted by Crippen LogP contribution is 2.37. The van der Waals surface area contributed by atoms with E-state index in [4.69, 9.17) is 5.73 Å². The van der Waals surface area contributed by atoms with Gasteiger partial charge >= 0.3 is 0 Å². The van der Waals surface area contributed by atoms with Crippen LogP contribution in [0.1, 0.15) is 31.4 Å². The monoisotopic (exact) mass is 221 g/mol. The van der Waals surface area contributed by atoms with Crippen LogP contribution >= 0.6 is 0 Å². The maximum atomic E-state index is 13.6. The normalized spacial score (nSPS) is 20.6. The lowest BCUT2D eigenvalue weighted by molar-refractivity contribution is 0.198. The van der Waals surface area contributed by atoms with Crippen molar-refractivity contribution in [3.05, 3.63) is 35.1 Å². The molecular formula is C14H20FN. The summed E-state index contributed by atoms with van der Waals surface area (Å²) in [5.41, 5.74) is 8.07. The zero-order valence-corrected chi connectivity index (χ0v) is 10.1. The molecule has 0 aliphatic heterocycles. The van der Waals surface area contributed by atoms with Crippen LogP contribution in [-0.4, -0.2) is 6.54 Å². The number of fused-ring (bicyclic) bond motifs is 1. The predicted octanol–water partition coefficient (Wildman–Crippen LogP) is 2.92. The van der Waals surface area contributed by atoms with Crippen LogP contribution in [0, 0.1) is 17.2 Å². The Morgan fingerprint density at radius 1 is 1.44 bits per heavy atom. The molecule has 2 N–H and O–H groups in total. The van der Waals surface area contributed by atoms with Gasteiger partial charge in [0.15, 0.2) is 0 Å². The average Bonchev–Trinajstić information content (AvgIpc) is 2.29. The molecule has 1 aliphatic carbocycles. The minimum absolute atomic E-state index is 0.0403. The number of halogens is 1. The van der Waals surface area contributed by atoms with Crippen LogP contribution in [0.5, 0.6) is 0 Å². The highest BCUT2D eigenvalue weighted by molar-refractivity contribution is 5.31. The molecule has 1 atom stereocenters. The van der Waals surface area contributed by atoms with E-state index >= 15 is 0 Å². The summed E-state index contributed by atoms with van der Waals surface area (Å²) < 4.78 is 13.6. The smallest absolute Gasteiger partial charge is 0.126 e. The van der Waals surface area contributed by atoms with Crippen molar-refractivity contribution in [1.29, 1.82) is 0 Å². The molecule has 1 unspecified atom stereocenters. The lowest BCUT2D eigenvalue weighted by atomic mass is 9.69. The van der Waals surface area contributed by atoms with Gasteiger partial charge in [-0.15, -0.1) is 0 Å². The molecule has 0 saturated heterocycles. The van der Waals surface area contributed by atoms with Gasteiger partial charge in [0.2, 0.25) is 0 Å². The molecule has 0 heterocycles. The Morgan fingerprint density at radius 3 is 2.88 bits per heavy atom. The van der Waals surface area contributed by atoms with Crippen molar-refractivity contribution in [2.45, 2.75) is 33.1 Å². The Hall–Kier alpha value is -0.890. The maximum absolute atomic E-state index is 13.6. The minimum Gasteiger partial charge on any atom is -0.330 e. The number of hydrogen-bond acceptors (Lipinski definition) is 1. The quantitative estimate of drug-likeness (QED) is 0.816. The summed E-state index contributed by atoms with van der Waals surface area (Å²) >= 11 is 0. The minimum atomic E-state index is -0.0403. The van der Waals surface area contributed by atoms with E-state index in [1.807, 2.05) is 6.07 Å². The second-order valence-electron chi connectivity index (χ2n) is 5.51. The van der Waals surface area contributed by atoms with Crippen molar-refractivity contribution in [3.8, 4) is 0 Å². The third-order valence-corrected chi connectivity index (χ3v) is 4.06. The van der Waals surface area contributed by atoms with Gasteiger partial charge in [-0.25, -0.2) is 4.39 Å². The van der Waals surface area contributed by atoms with Crippen molar-refractivity contribution in [1.82, 2.24) is 0 Å². The molecule has 1 aliphatic rings. The molecule has 16 heavy (non-hydrogen) atoms. The number of nitrogens with two attached hydrogens (primary N) is 1. The van der Waals surface area contributed by atoms with Gasteiger partial charge in [0, 0.05) is 0 Å². The summed E-state index contributed by atoms with van der Waals surface area (Å²) in [6.07, 6.45) is 2.88. The van der Waals surface area contributed by atoms with Crippen molar-refractivity contribution in [2.24, 2.45) is 17.1 Å². The number of benzene rings is 1. The summed E-state index contributed by atoms with van der Waals surface area (Å²) in [4.78, 5) is 0. The molecule has 1 nitrogen and oxygen atoms in total. The summed E-state index contributed by atoms with van der Waals surface area (Å²) in [7, 11) is 0. The Balaban J connectivity index is 2.25. The molecule has 0 aromatic heterocycles. The summed E-state index contributed by atoms with van der Waals surface area (Å²) in [6.45, 7) is 5.12. The third kappa shape index (κ3) is 1.99. The Morgan fingerprint density at radius 2 is 2.19 bits per heavy atom. The van der Waals surface area contributed by atoms with Gasteiger partial charge in [0.05, 0.1) is 0 Å². The maximum Gasteiger partial charge on any atom is 0.126 e. The molecule has 0 radical (unpaired) electrons. The van der Waals surface area contributed by atoms with Gasteiger partial charge < -0.3 is 5.73 Å². The summed E-state index contributed by atoms with van der Waals surface area (Å²) in [5.74, 6) is 0.535. The topological polar surface area (TPSA) is 26.0 Å². The first-order valence-corrected chi connectivity index (χ1v) is 6.01. The van der Waals surface area contributed by atoms with Crippen molar-refractivity contribution < 1.29 is 4.39 Å². The fraction of sp³-hybridized carbons (Fsp3) is 0.571. The first-order valence-electron chi connectivity index (χ1n) is 6.01. The van der Waals surface area contributed by atoms with E-state index < -0.39 is 0 Å². The van der Waals surface area contributed by atoms with Crippen LogP contribution < -0.4 is 5.73 Å². The van der Waals surface area contributed by atoms with Crippen molar-refractivity contribution in [2.75, 3.05) is 6.54 Å². The van der Waals surface area contributed by atoms with Gasteiger partial charge in [0.1, 0.15) is 5.82 Å². The first kappa shape index (κ1) is 11.6. The van der Waals surface area contributed by atoms with E-state index in [-0.39, 0.29) is 11.2 Å². The Bertz CT molecular complexity index is 384. The van der Waals surface area contributed by atoms with Crippen LogP contribution in [0.2, 0.25) is 0 Å². The second kappa shape index (κ2) is 4.17. The number of rotatable bonds is 2. The van der Waals surface area contributed by atoms with E-state index in [1.165, 1.54) is 5.56 Å². The molecule has 2 heteroatoms. The van der Waals surface area contributed by atoms with E-state index in [2.05, 4.69) is 19.9 Å². The standard InChI is InChI=1S/C14H20FN/c1-14(2,9-16)11-6-7-12-10(8-11)4-3-5-13(12)15/h3-5,11H,6-9,16H2,1-2H3. The average molecular weight is 221 g/mol. The molecule has 0 amide bonds. The molecule has 1 aromatic carbocycles. The van der Waals surface area contributed by atoms with Crippen LogP contribution in [0.15, 0.2) is 18.2 Å². The number of hydrogen-bond donors (Lipinski definition) is 1. The van der Waals surface area contributed by atoms with Gasteiger partial charge in [-0.1, -0.05) is 26.0 Å². The first-order chi connectivity index (χ1) is 7.54. The predicted molar refractivity (Wildman–Crippen MR) is 64.8 cm³/mol. The van der Waals surface area contributed by atoms with Gasteiger partial charge in [-0.3, -0.25) is 0 Å². The van der Waals surface area contributed by atoms with Gasteiger partial charge in [0.25, 0.3) is 0 Å². The lowest BCUT2D eigenvalue weighted by Crippen LogP contribution is -2.35. The molecule has 2 rings (SSSR count). The zero-order chi connectivity index (χ0) is 11.8.